The lowest BCUT2D eigenvalue weighted by Gasteiger charge is -2.35. The number of rotatable bonds is 11. The summed E-state index contributed by atoms with van der Waals surface area (Å²) >= 11 is 0. The molecular formula is C35H34F2O4. The lowest BCUT2D eigenvalue weighted by atomic mass is 9.69. The molecule has 0 N–H and O–H groups in total. The zero-order chi connectivity index (χ0) is 28.7. The van der Waals surface area contributed by atoms with Crippen LogP contribution in [0.3, 0.4) is 0 Å². The average molecular weight is 557 g/mol. The van der Waals surface area contributed by atoms with Crippen LogP contribution in [0.2, 0.25) is 0 Å². The lowest BCUT2D eigenvalue weighted by molar-refractivity contribution is -0.143. The first-order valence-electron chi connectivity index (χ1n) is 13.9. The number of methoxy groups -OCH3 is 1. The monoisotopic (exact) mass is 556 g/mol. The molecule has 41 heavy (non-hydrogen) atoms. The first-order valence-corrected chi connectivity index (χ1v) is 13.9. The van der Waals surface area contributed by atoms with E-state index in [9.17, 15) is 13.6 Å². The van der Waals surface area contributed by atoms with Gasteiger partial charge in [0.15, 0.2) is 6.61 Å². The molecule has 5 rings (SSSR count). The Morgan fingerprint density at radius 2 is 1.51 bits per heavy atom. The molecule has 2 atom stereocenters. The second kappa shape index (κ2) is 13.0. The Kier molecular flexibility index (Phi) is 8.98. The fourth-order valence-corrected chi connectivity index (χ4v) is 5.52. The van der Waals surface area contributed by atoms with Crippen LogP contribution in [0, 0.1) is 0 Å². The quantitative estimate of drug-likeness (QED) is 0.175. The molecule has 4 nitrogen and oxygen atoms in total. The summed E-state index contributed by atoms with van der Waals surface area (Å²) in [6.07, 6.45) is 0.948. The summed E-state index contributed by atoms with van der Waals surface area (Å²) in [4.78, 5) is 11.2. The number of hydrogen-bond donors (Lipinski definition) is 0. The van der Waals surface area contributed by atoms with Gasteiger partial charge in [0.05, 0.1) is 13.5 Å². The normalized spacial score (nSPS) is 16.5. The van der Waals surface area contributed by atoms with E-state index in [1.807, 2.05) is 42.5 Å². The lowest BCUT2D eigenvalue weighted by Crippen LogP contribution is -2.26. The molecule has 0 bridgehead atoms. The second-order valence-corrected chi connectivity index (χ2v) is 10.5. The number of alkyl halides is 2. The third kappa shape index (κ3) is 7.31. The maximum Gasteiger partial charge on any atom is 0.305 e. The third-order valence-electron chi connectivity index (χ3n) is 7.66. The van der Waals surface area contributed by atoms with Crippen molar-refractivity contribution in [3.63, 3.8) is 0 Å². The van der Waals surface area contributed by atoms with Gasteiger partial charge >= 0.3 is 5.97 Å². The summed E-state index contributed by atoms with van der Waals surface area (Å²) in [6.45, 7) is -0.285. The van der Waals surface area contributed by atoms with Gasteiger partial charge in [0.25, 0.3) is 5.92 Å². The molecule has 0 spiro atoms. The zero-order valence-electron chi connectivity index (χ0n) is 23.1. The average Bonchev–Trinajstić information content (AvgIpc) is 3.02. The van der Waals surface area contributed by atoms with Gasteiger partial charge in [0.2, 0.25) is 0 Å². The SMILES string of the molecule is COC(=O)CCC(F)(F)COc1ccc(C2c3ccc(OCc4ccccc4)cc3CC[C@@H]2c2ccccc2)cc1. The summed E-state index contributed by atoms with van der Waals surface area (Å²) in [7, 11) is 1.18. The summed E-state index contributed by atoms with van der Waals surface area (Å²) in [5, 5.41) is 0. The van der Waals surface area contributed by atoms with Gasteiger partial charge in [0, 0.05) is 12.3 Å². The third-order valence-corrected chi connectivity index (χ3v) is 7.66. The van der Waals surface area contributed by atoms with Crippen molar-refractivity contribution in [2.24, 2.45) is 0 Å². The summed E-state index contributed by atoms with van der Waals surface area (Å²) in [5.41, 5.74) is 6.01. The van der Waals surface area contributed by atoms with E-state index in [1.165, 1.54) is 23.8 Å². The second-order valence-electron chi connectivity index (χ2n) is 10.5. The van der Waals surface area contributed by atoms with Gasteiger partial charge in [0.1, 0.15) is 18.1 Å². The van der Waals surface area contributed by atoms with Crippen LogP contribution in [-0.2, 0) is 22.6 Å². The van der Waals surface area contributed by atoms with Crippen molar-refractivity contribution in [3.8, 4) is 11.5 Å². The van der Waals surface area contributed by atoms with Gasteiger partial charge in [-0.25, -0.2) is 8.78 Å². The first-order chi connectivity index (χ1) is 19.9. The molecule has 0 heterocycles. The van der Waals surface area contributed by atoms with Gasteiger partial charge < -0.3 is 14.2 Å². The number of aryl methyl sites for hydroxylation is 1. The van der Waals surface area contributed by atoms with Gasteiger partial charge in [-0.15, -0.1) is 0 Å². The molecule has 0 aromatic heterocycles. The summed E-state index contributed by atoms with van der Waals surface area (Å²) in [6, 6.07) is 34.4. The van der Waals surface area contributed by atoms with Crippen molar-refractivity contribution in [1.82, 2.24) is 0 Å². The molecule has 1 aliphatic rings. The minimum absolute atomic E-state index is 0.0971. The topological polar surface area (TPSA) is 44.8 Å². The Balaban J connectivity index is 1.35. The highest BCUT2D eigenvalue weighted by atomic mass is 19.3. The van der Waals surface area contributed by atoms with Crippen LogP contribution >= 0.6 is 0 Å². The molecule has 0 saturated carbocycles. The van der Waals surface area contributed by atoms with E-state index in [2.05, 4.69) is 53.3 Å². The molecular weight excluding hydrogens is 522 g/mol. The van der Waals surface area contributed by atoms with Crippen LogP contribution in [-0.4, -0.2) is 25.6 Å². The summed E-state index contributed by atoms with van der Waals surface area (Å²) < 4.78 is 44.4. The van der Waals surface area contributed by atoms with Crippen LogP contribution in [0.1, 0.15) is 58.9 Å². The molecule has 0 amide bonds. The number of carbonyl (C=O) groups is 1. The van der Waals surface area contributed by atoms with Crippen molar-refractivity contribution >= 4 is 5.97 Å². The number of halogens is 2. The fourth-order valence-electron chi connectivity index (χ4n) is 5.52. The molecule has 212 valence electrons. The minimum atomic E-state index is -3.13. The number of fused-ring (bicyclic) bond motifs is 1. The number of benzene rings is 4. The minimum Gasteiger partial charge on any atom is -0.489 e. The Hall–Kier alpha value is -4.19. The van der Waals surface area contributed by atoms with Crippen molar-refractivity contribution in [1.29, 1.82) is 0 Å². The van der Waals surface area contributed by atoms with E-state index >= 15 is 0 Å². The van der Waals surface area contributed by atoms with Gasteiger partial charge in [-0.3, -0.25) is 4.79 Å². The van der Waals surface area contributed by atoms with Gasteiger partial charge in [-0.2, -0.15) is 0 Å². The number of esters is 1. The standard InChI is InChI=1S/C35H34F2O4/c1-39-33(38)20-21-35(36,37)24-41-29-15-12-27(13-16-29)34-31(26-10-6-3-7-11-26)18-14-28-22-30(17-19-32(28)34)40-23-25-8-4-2-5-9-25/h2-13,15-17,19,22,31,34H,14,18,20-21,23-24H2,1H3/t31-,34?/m1/s1. The highest BCUT2D eigenvalue weighted by molar-refractivity contribution is 5.69. The largest absolute Gasteiger partial charge is 0.489 e. The molecule has 1 aliphatic carbocycles. The molecule has 0 radical (unpaired) electrons. The molecule has 0 saturated heterocycles. The number of ether oxygens (including phenoxy) is 3. The Morgan fingerprint density at radius 1 is 0.829 bits per heavy atom. The molecule has 0 fully saturated rings. The highest BCUT2D eigenvalue weighted by Gasteiger charge is 2.33. The highest BCUT2D eigenvalue weighted by Crippen LogP contribution is 2.47. The number of carbonyl (C=O) groups excluding carboxylic acids is 1. The number of hydrogen-bond acceptors (Lipinski definition) is 4. The van der Waals surface area contributed by atoms with E-state index < -0.39 is 24.9 Å². The molecule has 4 aromatic carbocycles. The fraction of sp³-hybridized carbons (Fsp3) is 0.286. The van der Waals surface area contributed by atoms with Crippen LogP contribution in [0.25, 0.3) is 0 Å². The van der Waals surface area contributed by atoms with Crippen molar-refractivity contribution in [2.75, 3.05) is 13.7 Å². The van der Waals surface area contributed by atoms with E-state index in [0.29, 0.717) is 12.4 Å². The molecule has 0 aliphatic heterocycles. The van der Waals surface area contributed by atoms with Crippen molar-refractivity contribution in [2.45, 2.75) is 50.0 Å². The maximum absolute atomic E-state index is 14.2. The molecule has 1 unspecified atom stereocenters. The predicted molar refractivity (Wildman–Crippen MR) is 155 cm³/mol. The van der Waals surface area contributed by atoms with Gasteiger partial charge in [-0.05, 0) is 70.8 Å². The zero-order valence-corrected chi connectivity index (χ0v) is 23.1. The van der Waals surface area contributed by atoms with Crippen LogP contribution in [0.15, 0.2) is 103 Å². The van der Waals surface area contributed by atoms with Crippen molar-refractivity contribution in [3.05, 3.63) is 131 Å². The van der Waals surface area contributed by atoms with E-state index in [1.54, 1.807) is 12.1 Å². The van der Waals surface area contributed by atoms with Gasteiger partial charge in [-0.1, -0.05) is 78.9 Å². The molecule has 6 heteroatoms. The Bertz CT molecular complexity index is 1420. The molecule has 4 aromatic rings. The van der Waals surface area contributed by atoms with Crippen LogP contribution in [0.4, 0.5) is 8.78 Å². The van der Waals surface area contributed by atoms with E-state index in [0.717, 1.165) is 29.7 Å². The Labute approximate surface area is 239 Å². The van der Waals surface area contributed by atoms with Crippen LogP contribution in [0.5, 0.6) is 11.5 Å². The summed E-state index contributed by atoms with van der Waals surface area (Å²) in [5.74, 6) is -2.21. The van der Waals surface area contributed by atoms with E-state index in [-0.39, 0.29) is 18.3 Å². The predicted octanol–water partition coefficient (Wildman–Crippen LogP) is 8.09. The maximum atomic E-state index is 14.2. The van der Waals surface area contributed by atoms with Crippen LogP contribution < -0.4 is 9.47 Å². The smallest absolute Gasteiger partial charge is 0.305 e. The van der Waals surface area contributed by atoms with E-state index in [4.69, 9.17) is 9.47 Å². The van der Waals surface area contributed by atoms with Crippen molar-refractivity contribution < 1.29 is 27.8 Å². The first kappa shape index (κ1) is 28.3. The Morgan fingerprint density at radius 3 is 2.22 bits per heavy atom.